The molecule has 1 aromatic carbocycles. The van der Waals surface area contributed by atoms with Gasteiger partial charge in [-0.15, -0.1) is 0 Å². The molecule has 25 heavy (non-hydrogen) atoms. The molecule has 1 aliphatic heterocycles. The number of hydrogen-bond acceptors (Lipinski definition) is 5. The molecule has 3 rings (SSSR count). The topological polar surface area (TPSA) is 91.1 Å². The highest BCUT2D eigenvalue weighted by Gasteiger charge is 2.32. The highest BCUT2D eigenvalue weighted by atomic mass is 32.2. The molecule has 2 heterocycles. The van der Waals surface area contributed by atoms with Crippen molar-refractivity contribution in [3.05, 3.63) is 47.4 Å². The van der Waals surface area contributed by atoms with E-state index in [0.29, 0.717) is 11.3 Å². The summed E-state index contributed by atoms with van der Waals surface area (Å²) in [7, 11) is -3.80. The minimum Gasteiger partial charge on any atom is -0.507 e. The third-order valence-corrected chi connectivity index (χ3v) is 6.28. The average Bonchev–Trinajstić information content (AvgIpc) is 3.02. The number of nitrogens with zero attached hydrogens (tertiary/aromatic N) is 2. The Balaban J connectivity index is 1.74. The van der Waals surface area contributed by atoms with Gasteiger partial charge < -0.3 is 14.4 Å². The van der Waals surface area contributed by atoms with Crippen molar-refractivity contribution in [2.45, 2.75) is 18.7 Å². The number of sulfonamides is 1. The molecule has 0 saturated carbocycles. The third kappa shape index (κ3) is 3.27. The van der Waals surface area contributed by atoms with E-state index in [-0.39, 0.29) is 42.7 Å². The lowest BCUT2D eigenvalue weighted by atomic mass is 10.2. The van der Waals surface area contributed by atoms with E-state index in [4.69, 9.17) is 4.42 Å². The molecule has 1 N–H and O–H groups in total. The van der Waals surface area contributed by atoms with E-state index in [1.54, 1.807) is 30.9 Å². The largest absolute Gasteiger partial charge is 0.507 e. The Hall–Kier alpha value is -2.32. The molecule has 1 aromatic heterocycles. The summed E-state index contributed by atoms with van der Waals surface area (Å²) in [6.45, 7) is 4.41. The Morgan fingerprint density at radius 3 is 2.40 bits per heavy atom. The lowest BCUT2D eigenvalue weighted by Gasteiger charge is -2.34. The van der Waals surface area contributed by atoms with Gasteiger partial charge in [0.15, 0.2) is 0 Å². The van der Waals surface area contributed by atoms with Crippen LogP contribution in [0.3, 0.4) is 0 Å². The number of benzene rings is 1. The quantitative estimate of drug-likeness (QED) is 0.896. The second-order valence-corrected chi connectivity index (χ2v) is 7.96. The number of carbonyl (C=O) groups excluding carboxylic acids is 1. The van der Waals surface area contributed by atoms with Gasteiger partial charge in [0.25, 0.3) is 5.91 Å². The molecule has 0 spiro atoms. The van der Waals surface area contributed by atoms with Gasteiger partial charge in [-0.25, -0.2) is 8.42 Å². The molecule has 7 nitrogen and oxygen atoms in total. The van der Waals surface area contributed by atoms with Crippen molar-refractivity contribution in [3.8, 4) is 5.75 Å². The van der Waals surface area contributed by atoms with Crippen LogP contribution in [0.1, 0.15) is 21.7 Å². The minimum absolute atomic E-state index is 0.0991. The molecule has 134 valence electrons. The summed E-state index contributed by atoms with van der Waals surface area (Å²) in [6, 6.07) is 6.10. The number of carbonyl (C=O) groups is 1. The van der Waals surface area contributed by atoms with Crippen LogP contribution in [0.5, 0.6) is 5.75 Å². The van der Waals surface area contributed by atoms with Crippen molar-refractivity contribution < 1.29 is 22.7 Å². The molecule has 0 aliphatic carbocycles. The number of piperazine rings is 1. The fraction of sp³-hybridized carbons (Fsp3) is 0.353. The van der Waals surface area contributed by atoms with E-state index < -0.39 is 10.0 Å². The molecule has 8 heteroatoms. The Labute approximate surface area is 146 Å². The zero-order chi connectivity index (χ0) is 18.2. The first-order valence-corrected chi connectivity index (χ1v) is 9.38. The second-order valence-electron chi connectivity index (χ2n) is 6.06. The number of rotatable bonds is 3. The van der Waals surface area contributed by atoms with Gasteiger partial charge in [0, 0.05) is 26.2 Å². The SMILES string of the molecule is Cc1ccc(O)c(S(=O)(=O)N2CCN(C(=O)c3ccoc3C)CC2)c1. The molecule has 1 fully saturated rings. The van der Waals surface area contributed by atoms with Gasteiger partial charge in [0.2, 0.25) is 10.0 Å². The van der Waals surface area contributed by atoms with Gasteiger partial charge in [-0.2, -0.15) is 4.31 Å². The van der Waals surface area contributed by atoms with Crippen LogP contribution in [-0.2, 0) is 10.0 Å². The summed E-state index contributed by atoms with van der Waals surface area (Å²) in [5.74, 6) is 0.115. The smallest absolute Gasteiger partial charge is 0.257 e. The molecular weight excluding hydrogens is 344 g/mol. The summed E-state index contributed by atoms with van der Waals surface area (Å²) in [4.78, 5) is 14.0. The fourth-order valence-electron chi connectivity index (χ4n) is 2.88. The second kappa shape index (κ2) is 6.53. The van der Waals surface area contributed by atoms with E-state index in [1.807, 2.05) is 0 Å². The van der Waals surface area contributed by atoms with Gasteiger partial charge in [0.1, 0.15) is 16.4 Å². The maximum atomic E-state index is 12.8. The molecule has 0 radical (unpaired) electrons. The fourth-order valence-corrected chi connectivity index (χ4v) is 4.47. The van der Waals surface area contributed by atoms with Gasteiger partial charge in [-0.1, -0.05) is 6.07 Å². The van der Waals surface area contributed by atoms with Crippen molar-refractivity contribution in [1.82, 2.24) is 9.21 Å². The van der Waals surface area contributed by atoms with Gasteiger partial charge in [-0.05, 0) is 37.6 Å². The summed E-state index contributed by atoms with van der Waals surface area (Å²) < 4.78 is 32.0. The van der Waals surface area contributed by atoms with Crippen LogP contribution in [0.25, 0.3) is 0 Å². The first kappa shape index (κ1) is 17.5. The lowest BCUT2D eigenvalue weighted by molar-refractivity contribution is 0.0696. The first-order valence-electron chi connectivity index (χ1n) is 7.94. The Morgan fingerprint density at radius 2 is 1.80 bits per heavy atom. The van der Waals surface area contributed by atoms with Crippen LogP contribution < -0.4 is 0 Å². The lowest BCUT2D eigenvalue weighted by Crippen LogP contribution is -2.50. The molecule has 1 amide bonds. The maximum Gasteiger partial charge on any atom is 0.257 e. The van der Waals surface area contributed by atoms with Crippen LogP contribution >= 0.6 is 0 Å². The highest BCUT2D eigenvalue weighted by Crippen LogP contribution is 2.27. The normalized spacial score (nSPS) is 16.2. The molecule has 1 aliphatic rings. The van der Waals surface area contributed by atoms with Crippen molar-refractivity contribution >= 4 is 15.9 Å². The zero-order valence-corrected chi connectivity index (χ0v) is 14.9. The number of furan rings is 1. The standard InChI is InChI=1S/C17H20N2O5S/c1-12-3-4-15(20)16(11-12)25(22,23)19-8-6-18(7-9-19)17(21)14-5-10-24-13(14)2/h3-5,10-11,20H,6-9H2,1-2H3. The molecule has 0 unspecified atom stereocenters. The molecule has 0 bridgehead atoms. The summed E-state index contributed by atoms with van der Waals surface area (Å²) >= 11 is 0. The van der Waals surface area contributed by atoms with E-state index in [1.165, 1.54) is 22.7 Å². The third-order valence-electron chi connectivity index (χ3n) is 4.35. The van der Waals surface area contributed by atoms with Gasteiger partial charge in [0.05, 0.1) is 11.8 Å². The summed E-state index contributed by atoms with van der Waals surface area (Å²) in [5, 5.41) is 9.92. The van der Waals surface area contributed by atoms with Crippen LogP contribution in [0.2, 0.25) is 0 Å². The van der Waals surface area contributed by atoms with Crippen LogP contribution in [0, 0.1) is 13.8 Å². The number of aryl methyl sites for hydroxylation is 2. The van der Waals surface area contributed by atoms with E-state index in [2.05, 4.69) is 0 Å². The van der Waals surface area contributed by atoms with Gasteiger partial charge >= 0.3 is 0 Å². The number of phenolic OH excluding ortho intramolecular Hbond substituents is 1. The predicted octanol–water partition coefficient (Wildman–Crippen LogP) is 1.75. The molecule has 1 saturated heterocycles. The monoisotopic (exact) mass is 364 g/mol. The van der Waals surface area contributed by atoms with E-state index in [0.717, 1.165) is 5.56 Å². The van der Waals surface area contributed by atoms with E-state index in [9.17, 15) is 18.3 Å². The molecule has 2 aromatic rings. The first-order chi connectivity index (χ1) is 11.8. The van der Waals surface area contributed by atoms with Crippen molar-refractivity contribution in [3.63, 3.8) is 0 Å². The number of hydrogen-bond donors (Lipinski definition) is 1. The van der Waals surface area contributed by atoms with Crippen molar-refractivity contribution in [1.29, 1.82) is 0 Å². The summed E-state index contributed by atoms with van der Waals surface area (Å²) in [6.07, 6.45) is 1.46. The minimum atomic E-state index is -3.80. The Morgan fingerprint density at radius 1 is 1.12 bits per heavy atom. The van der Waals surface area contributed by atoms with Crippen LogP contribution in [-0.4, -0.2) is 54.8 Å². The molecular formula is C17H20N2O5S. The highest BCUT2D eigenvalue weighted by molar-refractivity contribution is 7.89. The number of amides is 1. The maximum absolute atomic E-state index is 12.8. The number of aromatic hydroxyl groups is 1. The van der Waals surface area contributed by atoms with Crippen LogP contribution in [0.4, 0.5) is 0 Å². The molecule has 0 atom stereocenters. The Bertz CT molecular complexity index is 896. The van der Waals surface area contributed by atoms with Gasteiger partial charge in [-0.3, -0.25) is 4.79 Å². The van der Waals surface area contributed by atoms with Crippen molar-refractivity contribution in [2.24, 2.45) is 0 Å². The van der Waals surface area contributed by atoms with Crippen molar-refractivity contribution in [2.75, 3.05) is 26.2 Å². The predicted molar refractivity (Wildman–Crippen MR) is 91.0 cm³/mol. The zero-order valence-electron chi connectivity index (χ0n) is 14.1. The summed E-state index contributed by atoms with van der Waals surface area (Å²) in [5.41, 5.74) is 1.24. The number of phenols is 1. The van der Waals surface area contributed by atoms with E-state index >= 15 is 0 Å². The average molecular weight is 364 g/mol. The Kier molecular flexibility index (Phi) is 4.57. The van der Waals surface area contributed by atoms with Crippen LogP contribution in [0.15, 0.2) is 39.8 Å².